The fraction of sp³-hybridized carbons (Fsp3) is 0.286. The Morgan fingerprint density at radius 3 is 2.57 bits per heavy atom. The molecule has 1 aliphatic rings. The van der Waals surface area contributed by atoms with Crippen LogP contribution in [0.3, 0.4) is 0 Å². The van der Waals surface area contributed by atoms with Crippen LogP contribution in [0.2, 0.25) is 5.02 Å². The number of aliphatic carboxylic acids is 1. The van der Waals surface area contributed by atoms with Crippen molar-refractivity contribution in [3.63, 3.8) is 0 Å². The normalized spacial score (nSPS) is 16.5. The Bertz CT molecular complexity index is 1890. The number of nitrogens with two attached hydrogens (primary N) is 1. The molecule has 0 saturated heterocycles. The number of carboxylic acids is 1. The molecule has 4 aromatic rings. The molecule has 1 amide bonds. The second-order valence-corrected chi connectivity index (χ2v) is 10.7. The number of hydrogen-bond donors (Lipinski definition) is 3. The van der Waals surface area contributed by atoms with Crippen LogP contribution in [0.25, 0.3) is 22.4 Å². The SMILES string of the molecule is C[C@]1(c2ccc(CCC(=O)O)c(C#N)c2)C(=O)Nc2nc(-c3nn(CCC(F)(F)C(F)(F)F)c4cc(Cl)ccc34)nc(N)c21. The van der Waals surface area contributed by atoms with Crippen LogP contribution < -0.4 is 11.1 Å². The molecule has 16 heteroatoms. The van der Waals surface area contributed by atoms with Crippen molar-refractivity contribution < 1.29 is 36.6 Å². The molecular formula is C28H21ClF5N7O3. The van der Waals surface area contributed by atoms with Gasteiger partial charge < -0.3 is 16.2 Å². The van der Waals surface area contributed by atoms with Crippen molar-refractivity contribution >= 4 is 46.0 Å². The Balaban J connectivity index is 1.57. The van der Waals surface area contributed by atoms with E-state index in [4.69, 9.17) is 22.4 Å². The number of carboxylic acid groups (broad SMARTS) is 1. The van der Waals surface area contributed by atoms with Crippen molar-refractivity contribution in [3.8, 4) is 17.6 Å². The summed E-state index contributed by atoms with van der Waals surface area (Å²) in [4.78, 5) is 33.1. The van der Waals surface area contributed by atoms with Gasteiger partial charge >= 0.3 is 18.1 Å². The Kier molecular flexibility index (Phi) is 7.45. The first-order valence-corrected chi connectivity index (χ1v) is 13.3. The van der Waals surface area contributed by atoms with Crippen LogP contribution in [-0.4, -0.2) is 48.8 Å². The molecule has 0 radical (unpaired) electrons. The third kappa shape index (κ3) is 5.15. The number of aromatic nitrogens is 4. The molecule has 0 spiro atoms. The molecule has 0 unspecified atom stereocenters. The van der Waals surface area contributed by atoms with Gasteiger partial charge in [-0.15, -0.1) is 0 Å². The Labute approximate surface area is 250 Å². The van der Waals surface area contributed by atoms with Crippen LogP contribution in [-0.2, 0) is 28.0 Å². The zero-order valence-corrected chi connectivity index (χ0v) is 23.4. The van der Waals surface area contributed by atoms with Gasteiger partial charge in [-0.2, -0.15) is 32.3 Å². The summed E-state index contributed by atoms with van der Waals surface area (Å²) in [7, 11) is 0. The topological polar surface area (TPSA) is 160 Å². The van der Waals surface area contributed by atoms with Crippen LogP contribution in [0.5, 0.6) is 0 Å². The van der Waals surface area contributed by atoms with Crippen molar-refractivity contribution in [2.75, 3.05) is 11.1 Å². The average molecular weight is 634 g/mol. The fourth-order valence-corrected chi connectivity index (χ4v) is 5.28. The minimum absolute atomic E-state index is 0.00102. The number of alkyl halides is 5. The van der Waals surface area contributed by atoms with E-state index in [9.17, 15) is 36.8 Å². The molecule has 3 heterocycles. The minimum atomic E-state index is -5.74. The number of carbonyl (C=O) groups is 2. The van der Waals surface area contributed by atoms with E-state index in [0.717, 1.165) is 4.68 Å². The van der Waals surface area contributed by atoms with Crippen molar-refractivity contribution in [1.82, 2.24) is 19.7 Å². The van der Waals surface area contributed by atoms with Gasteiger partial charge in [0.05, 0.1) is 22.7 Å². The van der Waals surface area contributed by atoms with Gasteiger partial charge in [-0.05, 0) is 48.7 Å². The average Bonchev–Trinajstić information content (AvgIpc) is 3.44. The molecule has 2 aromatic carbocycles. The third-order valence-electron chi connectivity index (χ3n) is 7.52. The van der Waals surface area contributed by atoms with Crippen LogP contribution >= 0.6 is 11.6 Å². The lowest BCUT2D eigenvalue weighted by Crippen LogP contribution is -2.37. The van der Waals surface area contributed by atoms with E-state index in [-0.39, 0.29) is 63.0 Å². The van der Waals surface area contributed by atoms with Crippen LogP contribution in [0.1, 0.15) is 42.0 Å². The quantitative estimate of drug-likeness (QED) is 0.216. The molecule has 5 rings (SSSR count). The maximum atomic E-state index is 13.7. The minimum Gasteiger partial charge on any atom is -0.481 e. The van der Waals surface area contributed by atoms with E-state index in [0.29, 0.717) is 11.1 Å². The highest BCUT2D eigenvalue weighted by Gasteiger charge is 2.57. The third-order valence-corrected chi connectivity index (χ3v) is 7.75. The Morgan fingerprint density at radius 2 is 1.91 bits per heavy atom. The predicted molar refractivity (Wildman–Crippen MR) is 148 cm³/mol. The standard InChI is InChI=1S/C28H21ClF5N7O3/c1-26(15-4-2-13(3-7-19(42)43)14(10-15)12-35)20-22(36)37-24(38-23(20)39-25(26)44)21-17-6-5-16(29)11-18(17)41(40-21)9-8-27(30,31)28(32,33)34/h2,4-6,10-11H,3,7-9H2,1H3,(H,42,43)(H3,36,37,38,39,44)/t26-/m1/s1. The number of benzene rings is 2. The molecule has 10 nitrogen and oxygen atoms in total. The number of amides is 1. The summed E-state index contributed by atoms with van der Waals surface area (Å²) in [6.45, 7) is 0.732. The van der Waals surface area contributed by atoms with E-state index in [1.54, 1.807) is 19.1 Å². The summed E-state index contributed by atoms with van der Waals surface area (Å²) in [5.74, 6) is -6.83. The number of nitriles is 1. The lowest BCUT2D eigenvalue weighted by molar-refractivity contribution is -0.285. The molecule has 2 aromatic heterocycles. The summed E-state index contributed by atoms with van der Waals surface area (Å²) in [6, 6.07) is 10.9. The van der Waals surface area contributed by atoms with Gasteiger partial charge in [0, 0.05) is 29.8 Å². The first-order chi connectivity index (χ1) is 20.6. The van der Waals surface area contributed by atoms with Gasteiger partial charge in [0.2, 0.25) is 5.91 Å². The fourth-order valence-electron chi connectivity index (χ4n) is 5.11. The first-order valence-electron chi connectivity index (χ1n) is 12.9. The van der Waals surface area contributed by atoms with Crippen molar-refractivity contribution in [3.05, 3.63) is 63.7 Å². The molecule has 228 valence electrons. The van der Waals surface area contributed by atoms with Crippen molar-refractivity contribution in [1.29, 1.82) is 5.26 Å². The molecule has 1 atom stereocenters. The number of anilines is 2. The number of nitrogens with one attached hydrogen (secondary N) is 1. The number of rotatable bonds is 8. The molecule has 44 heavy (non-hydrogen) atoms. The summed E-state index contributed by atoms with van der Waals surface area (Å²) in [5.41, 5.74) is 6.24. The zero-order chi connectivity index (χ0) is 32.2. The maximum absolute atomic E-state index is 13.7. The molecule has 1 aliphatic heterocycles. The molecule has 0 bridgehead atoms. The monoisotopic (exact) mass is 633 g/mol. The van der Waals surface area contributed by atoms with E-state index in [1.165, 1.54) is 24.3 Å². The molecular weight excluding hydrogens is 613 g/mol. The largest absolute Gasteiger partial charge is 0.481 e. The van der Waals surface area contributed by atoms with Gasteiger partial charge in [-0.3, -0.25) is 14.3 Å². The first kappa shape index (κ1) is 30.6. The number of aryl methyl sites for hydroxylation is 2. The van der Waals surface area contributed by atoms with Gasteiger partial charge in [-0.25, -0.2) is 9.97 Å². The summed E-state index contributed by atoms with van der Waals surface area (Å²) in [5, 5.41) is 26.0. The number of carbonyl (C=O) groups excluding carboxylic acids is 1. The number of nitrogen functional groups attached to an aromatic ring is 1. The summed E-state index contributed by atoms with van der Waals surface area (Å²) in [6.07, 6.45) is -7.42. The summed E-state index contributed by atoms with van der Waals surface area (Å²) < 4.78 is 66.7. The Morgan fingerprint density at radius 1 is 1.18 bits per heavy atom. The summed E-state index contributed by atoms with van der Waals surface area (Å²) >= 11 is 6.06. The highest BCUT2D eigenvalue weighted by Crippen LogP contribution is 2.46. The maximum Gasteiger partial charge on any atom is 0.453 e. The van der Waals surface area contributed by atoms with E-state index >= 15 is 0 Å². The van der Waals surface area contributed by atoms with Crippen molar-refractivity contribution in [2.24, 2.45) is 0 Å². The lowest BCUT2D eigenvalue weighted by atomic mass is 9.76. The number of nitrogens with zero attached hydrogens (tertiary/aromatic N) is 5. The van der Waals surface area contributed by atoms with Gasteiger partial charge in [-0.1, -0.05) is 23.7 Å². The van der Waals surface area contributed by atoms with Gasteiger partial charge in [0.1, 0.15) is 22.7 Å². The molecule has 0 fully saturated rings. The van der Waals surface area contributed by atoms with Crippen LogP contribution in [0.4, 0.5) is 33.6 Å². The van der Waals surface area contributed by atoms with Crippen LogP contribution in [0, 0.1) is 11.3 Å². The van der Waals surface area contributed by atoms with E-state index < -0.39 is 42.4 Å². The molecule has 4 N–H and O–H groups in total. The van der Waals surface area contributed by atoms with E-state index in [1.807, 2.05) is 6.07 Å². The van der Waals surface area contributed by atoms with Crippen molar-refractivity contribution in [2.45, 2.75) is 50.2 Å². The van der Waals surface area contributed by atoms with Gasteiger partial charge in [0.25, 0.3) is 0 Å². The molecule has 0 saturated carbocycles. The van der Waals surface area contributed by atoms with E-state index in [2.05, 4.69) is 20.4 Å². The zero-order valence-electron chi connectivity index (χ0n) is 22.6. The highest BCUT2D eigenvalue weighted by atomic mass is 35.5. The van der Waals surface area contributed by atoms with Gasteiger partial charge in [0.15, 0.2) is 5.82 Å². The lowest BCUT2D eigenvalue weighted by Gasteiger charge is -2.24. The second kappa shape index (κ2) is 10.7. The highest BCUT2D eigenvalue weighted by molar-refractivity contribution is 6.31. The number of fused-ring (bicyclic) bond motifs is 2. The second-order valence-electron chi connectivity index (χ2n) is 10.3. The smallest absolute Gasteiger partial charge is 0.453 e. The molecule has 0 aliphatic carbocycles. The number of halogens is 6. The Hall–Kier alpha value is -4.84. The number of hydrogen-bond acceptors (Lipinski definition) is 7. The predicted octanol–water partition coefficient (Wildman–Crippen LogP) is 5.46. The van der Waals surface area contributed by atoms with Crippen LogP contribution in [0.15, 0.2) is 36.4 Å².